The summed E-state index contributed by atoms with van der Waals surface area (Å²) >= 11 is 0. The highest BCUT2D eigenvalue weighted by atomic mass is 16.7. The Kier molecular flexibility index (Phi) is 7.34. The highest BCUT2D eigenvalue weighted by molar-refractivity contribution is 6.65. The second-order valence-corrected chi connectivity index (χ2v) is 13.5. The normalized spacial score (nSPS) is 24.2. The minimum atomic E-state index is -0.372. The fraction of sp³-hybridized carbons (Fsp3) is 0.548. The molecule has 1 unspecified atom stereocenters. The first-order chi connectivity index (χ1) is 19.8. The molecule has 1 atom stereocenters. The molecule has 42 heavy (non-hydrogen) atoms. The van der Waals surface area contributed by atoms with Crippen LogP contribution in [0.25, 0.3) is 21.8 Å². The van der Waals surface area contributed by atoms with Crippen molar-refractivity contribution in [1.29, 1.82) is 0 Å². The number of aromatic amines is 1. The third-order valence-corrected chi connectivity index (χ3v) is 9.64. The Morgan fingerprint density at radius 2 is 1.31 bits per heavy atom. The van der Waals surface area contributed by atoms with Gasteiger partial charge in [-0.1, -0.05) is 24.3 Å². The average molecular weight is 572 g/mol. The first-order valence-electron chi connectivity index (χ1n) is 15.0. The maximum Gasteiger partial charge on any atom is 0.495 e. The van der Waals surface area contributed by atoms with E-state index in [9.17, 15) is 0 Å². The first kappa shape index (κ1) is 29.4. The zero-order valence-corrected chi connectivity index (χ0v) is 26.1. The zero-order chi connectivity index (χ0) is 29.9. The van der Waals surface area contributed by atoms with Gasteiger partial charge >= 0.3 is 14.2 Å². The molecule has 5 heterocycles. The Bertz CT molecular complexity index is 1540. The van der Waals surface area contributed by atoms with Crippen LogP contribution in [0, 0.1) is 0 Å². The van der Waals surface area contributed by atoms with Gasteiger partial charge in [-0.05, 0) is 97.7 Å². The number of nitrogens with zero attached hydrogens (tertiary/aromatic N) is 3. The molecule has 4 aromatic rings. The molecule has 0 bridgehead atoms. The van der Waals surface area contributed by atoms with Crippen molar-refractivity contribution in [3.63, 3.8) is 0 Å². The molecule has 3 saturated heterocycles. The number of hydrogen-bond acceptors (Lipinski definition) is 7. The minimum Gasteiger partial charge on any atom is -0.399 e. The van der Waals surface area contributed by atoms with Crippen LogP contribution in [0.4, 0.5) is 0 Å². The third kappa shape index (κ3) is 5.09. The Balaban J connectivity index is 0.000000157. The van der Waals surface area contributed by atoms with E-state index < -0.39 is 0 Å². The molecular formula is C31H42B2N4O5. The maximum absolute atomic E-state index is 6.22. The van der Waals surface area contributed by atoms with E-state index in [4.69, 9.17) is 23.4 Å². The lowest BCUT2D eigenvalue weighted by Crippen LogP contribution is -2.41. The van der Waals surface area contributed by atoms with Crippen molar-refractivity contribution in [2.24, 2.45) is 0 Å². The summed E-state index contributed by atoms with van der Waals surface area (Å²) in [5.41, 5.74) is 2.82. The summed E-state index contributed by atoms with van der Waals surface area (Å²) in [6.45, 7) is 17.3. The van der Waals surface area contributed by atoms with Crippen LogP contribution < -0.4 is 10.9 Å². The summed E-state index contributed by atoms with van der Waals surface area (Å²) in [6.07, 6.45) is 7.09. The molecule has 7 rings (SSSR count). The van der Waals surface area contributed by atoms with Crippen LogP contribution in [0.15, 0.2) is 48.8 Å². The van der Waals surface area contributed by atoms with Crippen molar-refractivity contribution in [2.45, 2.75) is 103 Å². The lowest BCUT2D eigenvalue weighted by molar-refractivity contribution is -0.0366. The van der Waals surface area contributed by atoms with Gasteiger partial charge in [0.05, 0.1) is 45.8 Å². The second-order valence-electron chi connectivity index (χ2n) is 13.5. The topological polar surface area (TPSA) is 92.7 Å². The lowest BCUT2D eigenvalue weighted by atomic mass is 9.77. The lowest BCUT2D eigenvalue weighted by Gasteiger charge is -2.32. The second kappa shape index (κ2) is 10.5. The number of fused-ring (bicyclic) bond motifs is 2. The van der Waals surface area contributed by atoms with Crippen molar-refractivity contribution in [3.05, 3.63) is 48.8 Å². The summed E-state index contributed by atoms with van der Waals surface area (Å²) in [5, 5.41) is 13.8. The van der Waals surface area contributed by atoms with E-state index in [2.05, 4.69) is 82.8 Å². The average Bonchev–Trinajstić information content (AvgIpc) is 3.68. The van der Waals surface area contributed by atoms with Gasteiger partial charge in [-0.3, -0.25) is 5.10 Å². The van der Waals surface area contributed by atoms with Crippen LogP contribution in [-0.2, 0) is 23.4 Å². The summed E-state index contributed by atoms with van der Waals surface area (Å²) < 4.78 is 32.5. The van der Waals surface area contributed by atoms with E-state index in [0.717, 1.165) is 52.2 Å². The van der Waals surface area contributed by atoms with Gasteiger partial charge in [-0.2, -0.15) is 10.2 Å². The molecule has 11 heteroatoms. The molecule has 3 aliphatic heterocycles. The molecule has 0 saturated carbocycles. The fourth-order valence-electron chi connectivity index (χ4n) is 5.58. The predicted molar refractivity (Wildman–Crippen MR) is 166 cm³/mol. The Hall–Kier alpha value is -2.69. The van der Waals surface area contributed by atoms with Gasteiger partial charge in [-0.15, -0.1) is 0 Å². The SMILES string of the molecule is CC1(C)OB(c2cccc3[nH]ncc23)OC1(C)C.CC1(C)OB(c2cccc3c2cnn3C2CCCCO2)OC1(C)C. The fourth-order valence-corrected chi connectivity index (χ4v) is 5.58. The molecule has 0 radical (unpaired) electrons. The van der Waals surface area contributed by atoms with Crippen LogP contribution in [-0.4, -0.2) is 63.2 Å². The van der Waals surface area contributed by atoms with Gasteiger partial charge < -0.3 is 23.4 Å². The summed E-state index contributed by atoms with van der Waals surface area (Å²) in [4.78, 5) is 0. The third-order valence-electron chi connectivity index (χ3n) is 9.64. The van der Waals surface area contributed by atoms with Crippen LogP contribution in [0.2, 0.25) is 0 Å². The van der Waals surface area contributed by atoms with E-state index in [0.29, 0.717) is 0 Å². The van der Waals surface area contributed by atoms with Gasteiger partial charge in [-0.25, -0.2) is 4.68 Å². The Morgan fingerprint density at radius 1 is 0.738 bits per heavy atom. The van der Waals surface area contributed by atoms with Crippen LogP contribution in [0.5, 0.6) is 0 Å². The molecule has 3 aliphatic rings. The van der Waals surface area contributed by atoms with Gasteiger partial charge in [0, 0.05) is 17.4 Å². The largest absolute Gasteiger partial charge is 0.495 e. The summed E-state index contributed by atoms with van der Waals surface area (Å²) in [5.74, 6) is 0. The number of nitrogens with one attached hydrogen (secondary N) is 1. The minimum absolute atomic E-state index is 0.0322. The van der Waals surface area contributed by atoms with E-state index in [-0.39, 0.29) is 42.9 Å². The molecule has 3 fully saturated rings. The van der Waals surface area contributed by atoms with Crippen LogP contribution in [0.3, 0.4) is 0 Å². The van der Waals surface area contributed by atoms with Gasteiger partial charge in [0.15, 0.2) is 6.23 Å². The summed E-state index contributed by atoms with van der Waals surface area (Å²) in [7, 11) is -0.708. The number of benzene rings is 2. The number of rotatable bonds is 3. The smallest absolute Gasteiger partial charge is 0.399 e. The van der Waals surface area contributed by atoms with Gasteiger partial charge in [0.1, 0.15) is 0 Å². The molecular weight excluding hydrogens is 530 g/mol. The maximum atomic E-state index is 6.22. The zero-order valence-electron chi connectivity index (χ0n) is 26.1. The molecule has 222 valence electrons. The van der Waals surface area contributed by atoms with Gasteiger partial charge in [0.2, 0.25) is 0 Å². The standard InChI is InChI=1S/C18H25BN2O3.C13H17BN2O2/c1-17(2)18(3,4)24-19(23-17)14-8-7-9-15-13(14)12-20-21(15)16-10-5-6-11-22-16;1-12(2)13(3,4)18-14(17-12)10-6-5-7-11-9(10)8-15-16-11/h7-9,12,16H,5-6,10-11H2,1-4H3;5-8H,1-4H3,(H,15,16). The predicted octanol–water partition coefficient (Wildman–Crippen LogP) is 4.90. The van der Waals surface area contributed by atoms with Crippen LogP contribution in [0.1, 0.15) is 80.9 Å². The van der Waals surface area contributed by atoms with E-state index in [1.54, 1.807) is 0 Å². The molecule has 2 aromatic carbocycles. The van der Waals surface area contributed by atoms with E-state index in [1.165, 1.54) is 6.42 Å². The molecule has 1 N–H and O–H groups in total. The molecule has 0 spiro atoms. The van der Waals surface area contributed by atoms with Crippen molar-refractivity contribution < 1.29 is 23.4 Å². The number of H-pyrrole nitrogens is 1. The van der Waals surface area contributed by atoms with Crippen molar-refractivity contribution in [1.82, 2.24) is 20.0 Å². The van der Waals surface area contributed by atoms with E-state index in [1.807, 2.05) is 41.3 Å². The monoisotopic (exact) mass is 572 g/mol. The molecule has 0 aliphatic carbocycles. The number of ether oxygens (including phenoxy) is 1. The van der Waals surface area contributed by atoms with Crippen molar-refractivity contribution in [3.8, 4) is 0 Å². The van der Waals surface area contributed by atoms with Crippen molar-refractivity contribution >= 4 is 47.0 Å². The Labute approximate surface area is 248 Å². The molecule has 2 aromatic heterocycles. The van der Waals surface area contributed by atoms with E-state index >= 15 is 0 Å². The summed E-state index contributed by atoms with van der Waals surface area (Å²) in [6, 6.07) is 12.2. The number of hydrogen-bond donors (Lipinski definition) is 1. The molecule has 0 amide bonds. The van der Waals surface area contributed by atoms with Crippen molar-refractivity contribution in [2.75, 3.05) is 6.61 Å². The van der Waals surface area contributed by atoms with Crippen LogP contribution >= 0.6 is 0 Å². The highest BCUT2D eigenvalue weighted by Crippen LogP contribution is 2.38. The highest BCUT2D eigenvalue weighted by Gasteiger charge is 2.53. The van der Waals surface area contributed by atoms with Gasteiger partial charge in [0.25, 0.3) is 0 Å². The first-order valence-corrected chi connectivity index (χ1v) is 15.0. The Morgan fingerprint density at radius 3 is 1.88 bits per heavy atom. The quantitative estimate of drug-likeness (QED) is 0.350. The number of aromatic nitrogens is 4. The molecule has 9 nitrogen and oxygen atoms in total.